The minimum Gasteiger partial charge on any atom is -0.376 e. The van der Waals surface area contributed by atoms with Gasteiger partial charge in [-0.05, 0) is 31.6 Å². The van der Waals surface area contributed by atoms with Gasteiger partial charge in [0.1, 0.15) is 0 Å². The van der Waals surface area contributed by atoms with Crippen molar-refractivity contribution in [3.05, 3.63) is 22.6 Å². The van der Waals surface area contributed by atoms with E-state index in [1.54, 1.807) is 12.3 Å². The van der Waals surface area contributed by atoms with E-state index in [9.17, 15) is 4.79 Å². The minimum absolute atomic E-state index is 0.0322. The largest absolute Gasteiger partial charge is 0.376 e. The monoisotopic (exact) mass is 278 g/mol. The molecule has 0 aliphatic heterocycles. The molecule has 112 valence electrons. The Morgan fingerprint density at radius 3 is 2.65 bits per heavy atom. The van der Waals surface area contributed by atoms with Crippen molar-refractivity contribution in [3.63, 3.8) is 0 Å². The zero-order valence-corrected chi connectivity index (χ0v) is 12.8. The minimum atomic E-state index is -0.0322. The summed E-state index contributed by atoms with van der Waals surface area (Å²) in [6.45, 7) is 3.78. The number of nitrogens with one attached hydrogen (secondary N) is 1. The van der Waals surface area contributed by atoms with Gasteiger partial charge in [-0.1, -0.05) is 6.92 Å². The van der Waals surface area contributed by atoms with Gasteiger partial charge >= 0.3 is 0 Å². The molecule has 0 spiro atoms. The highest BCUT2D eigenvalue weighted by molar-refractivity contribution is 5.40. The van der Waals surface area contributed by atoms with Gasteiger partial charge in [-0.3, -0.25) is 4.79 Å². The summed E-state index contributed by atoms with van der Waals surface area (Å²) < 4.78 is 1.53. The van der Waals surface area contributed by atoms with Gasteiger partial charge in [0, 0.05) is 32.7 Å². The highest BCUT2D eigenvalue weighted by atomic mass is 16.1. The van der Waals surface area contributed by atoms with E-state index in [2.05, 4.69) is 17.3 Å². The van der Waals surface area contributed by atoms with Gasteiger partial charge < -0.3 is 10.2 Å². The highest BCUT2D eigenvalue weighted by Gasteiger charge is 2.17. The van der Waals surface area contributed by atoms with Crippen molar-refractivity contribution in [2.75, 3.05) is 25.5 Å². The molecule has 5 heteroatoms. The molecule has 1 aromatic rings. The fraction of sp³-hybridized carbons (Fsp3) is 0.733. The molecule has 1 aromatic heterocycles. The van der Waals surface area contributed by atoms with E-state index in [1.165, 1.54) is 30.4 Å². The van der Waals surface area contributed by atoms with Crippen molar-refractivity contribution in [2.45, 2.75) is 45.2 Å². The van der Waals surface area contributed by atoms with Crippen molar-refractivity contribution in [1.29, 1.82) is 0 Å². The predicted molar refractivity (Wildman–Crippen MR) is 82.2 cm³/mol. The second-order valence-corrected chi connectivity index (χ2v) is 6.08. The molecule has 0 radical (unpaired) electrons. The van der Waals surface area contributed by atoms with Crippen LogP contribution in [0.15, 0.2) is 17.1 Å². The first kappa shape index (κ1) is 15.0. The van der Waals surface area contributed by atoms with Gasteiger partial charge in [0.05, 0.1) is 18.4 Å². The van der Waals surface area contributed by atoms with E-state index in [4.69, 9.17) is 0 Å². The molecule has 2 rings (SSSR count). The Balaban J connectivity index is 1.81. The van der Waals surface area contributed by atoms with Gasteiger partial charge in [0.2, 0.25) is 0 Å². The third kappa shape index (κ3) is 4.07. The smallest absolute Gasteiger partial charge is 0.268 e. The third-order valence-corrected chi connectivity index (χ3v) is 4.14. The number of aromatic nitrogens is 2. The zero-order valence-electron chi connectivity index (χ0n) is 12.8. The lowest BCUT2D eigenvalue weighted by Gasteiger charge is -2.27. The number of anilines is 1. The van der Waals surface area contributed by atoms with Crippen molar-refractivity contribution in [2.24, 2.45) is 5.92 Å². The zero-order chi connectivity index (χ0) is 14.5. The van der Waals surface area contributed by atoms with Gasteiger partial charge in [-0.2, -0.15) is 5.10 Å². The molecule has 0 saturated heterocycles. The van der Waals surface area contributed by atoms with Crippen LogP contribution in [0.1, 0.15) is 32.6 Å². The van der Waals surface area contributed by atoms with Crippen molar-refractivity contribution >= 4 is 5.69 Å². The summed E-state index contributed by atoms with van der Waals surface area (Å²) in [6.07, 6.45) is 6.87. The molecule has 5 nitrogen and oxygen atoms in total. The molecule has 0 atom stereocenters. The van der Waals surface area contributed by atoms with Crippen LogP contribution in [0.2, 0.25) is 0 Å². The lowest BCUT2D eigenvalue weighted by Crippen LogP contribution is -2.36. The van der Waals surface area contributed by atoms with Crippen molar-refractivity contribution < 1.29 is 0 Å². The van der Waals surface area contributed by atoms with E-state index >= 15 is 0 Å². The van der Waals surface area contributed by atoms with Crippen LogP contribution in [-0.2, 0) is 6.54 Å². The number of nitrogens with zero attached hydrogens (tertiary/aromatic N) is 3. The van der Waals surface area contributed by atoms with Crippen LogP contribution >= 0.6 is 0 Å². The van der Waals surface area contributed by atoms with Crippen molar-refractivity contribution in [3.8, 4) is 0 Å². The molecule has 1 fully saturated rings. The fourth-order valence-electron chi connectivity index (χ4n) is 2.68. The molecule has 0 unspecified atom stereocenters. The van der Waals surface area contributed by atoms with Crippen LogP contribution in [0.3, 0.4) is 0 Å². The molecule has 1 aliphatic rings. The summed E-state index contributed by atoms with van der Waals surface area (Å²) >= 11 is 0. The van der Waals surface area contributed by atoms with Gasteiger partial charge in [0.15, 0.2) is 0 Å². The molecule has 0 bridgehead atoms. The van der Waals surface area contributed by atoms with E-state index in [1.807, 2.05) is 19.0 Å². The van der Waals surface area contributed by atoms with Gasteiger partial charge in [-0.25, -0.2) is 4.68 Å². The average Bonchev–Trinajstić information content (AvgIpc) is 2.42. The van der Waals surface area contributed by atoms with Gasteiger partial charge in [0.25, 0.3) is 5.56 Å². The van der Waals surface area contributed by atoms with Crippen LogP contribution < -0.4 is 15.8 Å². The molecule has 0 amide bonds. The predicted octanol–water partition coefficient (Wildman–Crippen LogP) is 1.48. The maximum Gasteiger partial charge on any atom is 0.268 e. The number of hydrogen-bond donors (Lipinski definition) is 1. The lowest BCUT2D eigenvalue weighted by molar-refractivity contribution is 0.303. The fourth-order valence-corrected chi connectivity index (χ4v) is 2.68. The second-order valence-electron chi connectivity index (χ2n) is 6.08. The Labute approximate surface area is 121 Å². The first-order valence-corrected chi connectivity index (χ1v) is 7.54. The Kier molecular flexibility index (Phi) is 5.17. The van der Waals surface area contributed by atoms with Crippen molar-refractivity contribution in [1.82, 2.24) is 15.1 Å². The molecule has 1 N–H and O–H groups in total. The van der Waals surface area contributed by atoms with Crippen LogP contribution in [0, 0.1) is 5.92 Å². The number of rotatable bonds is 5. The Morgan fingerprint density at radius 1 is 1.35 bits per heavy atom. The quantitative estimate of drug-likeness (QED) is 0.886. The first-order valence-electron chi connectivity index (χ1n) is 7.54. The Morgan fingerprint density at radius 2 is 2.05 bits per heavy atom. The average molecular weight is 278 g/mol. The summed E-state index contributed by atoms with van der Waals surface area (Å²) in [5.41, 5.74) is 0.816. The molecular weight excluding hydrogens is 252 g/mol. The lowest BCUT2D eigenvalue weighted by atomic mass is 9.87. The molecule has 1 aliphatic carbocycles. The maximum atomic E-state index is 11.9. The van der Waals surface area contributed by atoms with Crippen LogP contribution in [0.5, 0.6) is 0 Å². The maximum absolute atomic E-state index is 11.9. The molecular formula is C15H26N4O. The molecule has 1 saturated carbocycles. The standard InChI is InChI=1S/C15H26N4O/c1-12-4-6-13(7-5-12)16-8-9-19-15(20)10-14(11-17-19)18(2)3/h10-13,16H,4-9H2,1-3H3. The van der Waals surface area contributed by atoms with E-state index in [0.29, 0.717) is 12.6 Å². The van der Waals surface area contributed by atoms with E-state index in [0.717, 1.165) is 18.2 Å². The summed E-state index contributed by atoms with van der Waals surface area (Å²) in [4.78, 5) is 13.8. The number of hydrogen-bond acceptors (Lipinski definition) is 4. The molecule has 0 aromatic carbocycles. The van der Waals surface area contributed by atoms with Gasteiger partial charge in [-0.15, -0.1) is 0 Å². The normalized spacial score (nSPS) is 22.8. The first-order chi connectivity index (χ1) is 9.56. The highest BCUT2D eigenvalue weighted by Crippen LogP contribution is 2.23. The SMILES string of the molecule is CC1CCC(NCCn2ncc(N(C)C)cc2=O)CC1. The second kappa shape index (κ2) is 6.88. The summed E-state index contributed by atoms with van der Waals surface area (Å²) in [5, 5.41) is 7.76. The van der Waals surface area contributed by atoms with Crippen LogP contribution in [-0.4, -0.2) is 36.5 Å². The van der Waals surface area contributed by atoms with Crippen LogP contribution in [0.25, 0.3) is 0 Å². The molecule has 1 heterocycles. The molecule has 20 heavy (non-hydrogen) atoms. The van der Waals surface area contributed by atoms with Crippen LogP contribution in [0.4, 0.5) is 5.69 Å². The Bertz CT molecular complexity index is 475. The topological polar surface area (TPSA) is 50.2 Å². The Hall–Kier alpha value is -1.36. The van der Waals surface area contributed by atoms with E-state index < -0.39 is 0 Å². The summed E-state index contributed by atoms with van der Waals surface area (Å²) in [5.74, 6) is 0.871. The third-order valence-electron chi connectivity index (χ3n) is 4.14. The van der Waals surface area contributed by atoms with E-state index in [-0.39, 0.29) is 5.56 Å². The summed E-state index contributed by atoms with van der Waals surface area (Å²) in [6, 6.07) is 2.25. The summed E-state index contributed by atoms with van der Waals surface area (Å²) in [7, 11) is 3.82.